The second kappa shape index (κ2) is 8.73. The molecule has 2 heterocycles. The molecule has 0 radical (unpaired) electrons. The van der Waals surface area contributed by atoms with Crippen LogP contribution in [0.4, 0.5) is 13.2 Å². The third kappa shape index (κ3) is 5.21. The molecule has 2 aromatic heterocycles. The minimum absolute atomic E-state index is 0.0362. The molecular weight excluding hydrogens is 371 g/mol. The van der Waals surface area contributed by atoms with Gasteiger partial charge in [-0.2, -0.15) is 13.2 Å². The number of hydrogen-bond acceptors (Lipinski definition) is 4. The summed E-state index contributed by atoms with van der Waals surface area (Å²) < 4.78 is 43.8. The van der Waals surface area contributed by atoms with Crippen molar-refractivity contribution in [2.24, 2.45) is 4.99 Å². The number of nitrogens with one attached hydrogen (secondary N) is 1. The van der Waals surface area contributed by atoms with Gasteiger partial charge in [0.15, 0.2) is 0 Å². The summed E-state index contributed by atoms with van der Waals surface area (Å²) in [4.78, 5) is 3.99. The number of hydrogen-bond donors (Lipinski definition) is 1. The summed E-state index contributed by atoms with van der Waals surface area (Å²) in [5.74, 6) is 0.552. The topological polar surface area (TPSA) is 68.1 Å². The van der Waals surface area contributed by atoms with Gasteiger partial charge in [-0.05, 0) is 36.2 Å². The van der Waals surface area contributed by atoms with Gasteiger partial charge in [0, 0.05) is 32.4 Å². The second-order valence-electron chi connectivity index (χ2n) is 6.19. The van der Waals surface area contributed by atoms with E-state index in [1.54, 1.807) is 25.4 Å². The van der Waals surface area contributed by atoms with E-state index in [-0.39, 0.29) is 13.0 Å². The van der Waals surface area contributed by atoms with E-state index in [1.807, 2.05) is 35.0 Å². The first kappa shape index (κ1) is 19.7. The molecule has 0 aliphatic rings. The Kier molecular flexibility index (Phi) is 6.13. The third-order valence-corrected chi connectivity index (χ3v) is 4.06. The number of nitrogens with zero attached hydrogens (tertiary/aromatic N) is 4. The normalized spacial score (nSPS) is 12.0. The fourth-order valence-corrected chi connectivity index (χ4v) is 2.76. The Morgan fingerprint density at radius 1 is 1.21 bits per heavy atom. The lowest BCUT2D eigenvalue weighted by molar-refractivity contribution is -0.136. The molecule has 28 heavy (non-hydrogen) atoms. The van der Waals surface area contributed by atoms with Crippen molar-refractivity contribution < 1.29 is 17.9 Å². The lowest BCUT2D eigenvalue weighted by Crippen LogP contribution is -2.09. The van der Waals surface area contributed by atoms with Crippen LogP contribution in [-0.4, -0.2) is 46.0 Å². The largest absolute Gasteiger partial charge is 0.494 e. The second-order valence-corrected chi connectivity index (χ2v) is 6.19. The predicted octanol–water partition coefficient (Wildman–Crippen LogP) is 4.09. The molecule has 0 saturated heterocycles. The number of aromatic nitrogens is 4. The monoisotopic (exact) mass is 391 g/mol. The summed E-state index contributed by atoms with van der Waals surface area (Å²) in [6, 6.07) is 11.2. The maximum absolute atomic E-state index is 12.1. The minimum atomic E-state index is -4.14. The number of halogens is 3. The Bertz CT molecular complexity index is 912. The van der Waals surface area contributed by atoms with Crippen LogP contribution in [0, 0.1) is 0 Å². The molecule has 0 spiro atoms. The van der Waals surface area contributed by atoms with Gasteiger partial charge in [-0.15, -0.1) is 5.10 Å². The Morgan fingerprint density at radius 2 is 2.00 bits per heavy atom. The zero-order valence-electron chi connectivity index (χ0n) is 15.3. The highest BCUT2D eigenvalue weighted by molar-refractivity contribution is 5.85. The Morgan fingerprint density at radius 3 is 2.71 bits per heavy atom. The van der Waals surface area contributed by atoms with E-state index in [4.69, 9.17) is 4.74 Å². The molecule has 3 aromatic rings. The van der Waals surface area contributed by atoms with Gasteiger partial charge in [0.2, 0.25) is 0 Å². The number of alkyl halides is 3. The van der Waals surface area contributed by atoms with Crippen molar-refractivity contribution in [3.63, 3.8) is 0 Å². The first-order valence-corrected chi connectivity index (χ1v) is 8.73. The van der Waals surface area contributed by atoms with Crippen molar-refractivity contribution in [1.82, 2.24) is 20.0 Å². The molecule has 1 N–H and O–H groups in total. The van der Waals surface area contributed by atoms with Gasteiger partial charge < -0.3 is 9.30 Å². The Hall–Kier alpha value is -3.10. The molecule has 0 unspecified atom stereocenters. The number of aromatic amines is 1. The van der Waals surface area contributed by atoms with E-state index in [0.29, 0.717) is 18.0 Å². The molecule has 1 aromatic carbocycles. The number of rotatable bonds is 8. The zero-order valence-corrected chi connectivity index (χ0v) is 15.3. The molecular formula is C19H20F3N5O. The predicted molar refractivity (Wildman–Crippen MR) is 99.7 cm³/mol. The summed E-state index contributed by atoms with van der Waals surface area (Å²) in [5, 5.41) is 10.8. The van der Waals surface area contributed by atoms with Crippen LogP contribution < -0.4 is 4.74 Å². The van der Waals surface area contributed by atoms with Gasteiger partial charge in [0.25, 0.3) is 0 Å². The van der Waals surface area contributed by atoms with Crippen LogP contribution in [0.25, 0.3) is 11.4 Å². The number of H-pyrrole nitrogens is 1. The van der Waals surface area contributed by atoms with Crippen molar-refractivity contribution in [2.75, 3.05) is 13.7 Å². The average molecular weight is 391 g/mol. The molecule has 0 aliphatic heterocycles. The highest BCUT2D eigenvalue weighted by Gasteiger charge is 2.26. The number of benzene rings is 1. The third-order valence-electron chi connectivity index (χ3n) is 4.06. The quantitative estimate of drug-likeness (QED) is 0.465. The summed E-state index contributed by atoms with van der Waals surface area (Å²) in [5.41, 5.74) is 3.36. The Labute approximate surface area is 160 Å². The van der Waals surface area contributed by atoms with Gasteiger partial charge in [0.1, 0.15) is 17.1 Å². The Balaban J connectivity index is 1.62. The van der Waals surface area contributed by atoms with Crippen LogP contribution in [0.5, 0.6) is 5.75 Å². The smallest absolute Gasteiger partial charge is 0.389 e. The fourth-order valence-electron chi connectivity index (χ4n) is 2.76. The van der Waals surface area contributed by atoms with Crippen LogP contribution in [0.2, 0.25) is 0 Å². The van der Waals surface area contributed by atoms with Crippen molar-refractivity contribution >= 4 is 6.21 Å². The van der Waals surface area contributed by atoms with Gasteiger partial charge in [-0.25, -0.2) is 0 Å². The van der Waals surface area contributed by atoms with Crippen LogP contribution in [0.15, 0.2) is 47.6 Å². The van der Waals surface area contributed by atoms with Crippen LogP contribution in [-0.2, 0) is 6.54 Å². The van der Waals surface area contributed by atoms with Crippen LogP contribution >= 0.6 is 0 Å². The SMILES string of the molecule is C/N=C/c1[nH]nnc1-c1cccn1Cc1ccc(OCCCC(F)(F)F)cc1. The van der Waals surface area contributed by atoms with Crippen LogP contribution in [0.3, 0.4) is 0 Å². The maximum atomic E-state index is 12.1. The number of ether oxygens (including phenoxy) is 1. The number of aliphatic imine (C=N–C) groups is 1. The molecule has 0 aliphatic carbocycles. The van der Waals surface area contributed by atoms with Crippen LogP contribution in [0.1, 0.15) is 24.1 Å². The van der Waals surface area contributed by atoms with Crippen molar-refractivity contribution in [3.05, 3.63) is 53.9 Å². The van der Waals surface area contributed by atoms with Gasteiger partial charge in [0.05, 0.1) is 12.3 Å². The molecule has 9 heteroatoms. The van der Waals surface area contributed by atoms with Crippen molar-refractivity contribution in [2.45, 2.75) is 25.6 Å². The molecule has 0 saturated carbocycles. The lowest BCUT2D eigenvalue weighted by Gasteiger charge is -2.10. The highest BCUT2D eigenvalue weighted by Crippen LogP contribution is 2.23. The summed E-state index contributed by atoms with van der Waals surface area (Å²) in [7, 11) is 1.68. The molecule has 0 amide bonds. The zero-order chi connectivity index (χ0) is 20.0. The molecule has 148 valence electrons. The van der Waals surface area contributed by atoms with E-state index in [1.165, 1.54) is 0 Å². The van der Waals surface area contributed by atoms with E-state index in [2.05, 4.69) is 20.4 Å². The molecule has 0 fully saturated rings. The molecule has 0 bridgehead atoms. The van der Waals surface area contributed by atoms with E-state index in [0.717, 1.165) is 17.0 Å². The van der Waals surface area contributed by atoms with Gasteiger partial charge in [-0.1, -0.05) is 17.3 Å². The summed E-state index contributed by atoms with van der Waals surface area (Å²) >= 11 is 0. The molecule has 3 rings (SSSR count). The first-order chi connectivity index (χ1) is 13.5. The van der Waals surface area contributed by atoms with Crippen molar-refractivity contribution in [3.8, 4) is 17.1 Å². The van der Waals surface area contributed by atoms with Crippen molar-refractivity contribution in [1.29, 1.82) is 0 Å². The summed E-state index contributed by atoms with van der Waals surface area (Å²) in [6.45, 7) is 0.640. The fraction of sp³-hybridized carbons (Fsp3) is 0.316. The first-order valence-electron chi connectivity index (χ1n) is 8.73. The van der Waals surface area contributed by atoms with Gasteiger partial charge >= 0.3 is 6.18 Å². The molecule has 0 atom stereocenters. The van der Waals surface area contributed by atoms with Gasteiger partial charge in [-0.3, -0.25) is 10.1 Å². The minimum Gasteiger partial charge on any atom is -0.494 e. The summed E-state index contributed by atoms with van der Waals surface area (Å²) in [6.07, 6.45) is -1.43. The van der Waals surface area contributed by atoms with E-state index < -0.39 is 12.6 Å². The van der Waals surface area contributed by atoms with E-state index in [9.17, 15) is 13.2 Å². The highest BCUT2D eigenvalue weighted by atomic mass is 19.4. The molecule has 6 nitrogen and oxygen atoms in total. The van der Waals surface area contributed by atoms with E-state index >= 15 is 0 Å². The maximum Gasteiger partial charge on any atom is 0.389 e. The lowest BCUT2D eigenvalue weighted by atomic mass is 10.2. The average Bonchev–Trinajstić information content (AvgIpc) is 3.28. The standard InChI is InChI=1S/C19H20F3N5O/c1-23-12-16-18(25-26-24-16)17-4-2-10-27(17)13-14-5-7-15(8-6-14)28-11-3-9-19(20,21)22/h2,4-8,10,12H,3,9,11,13H2,1H3,(H,24,25,26)/b23-12+.